The van der Waals surface area contributed by atoms with Crippen LogP contribution in [-0.2, 0) is 11.4 Å². The number of benzene rings is 4. The summed E-state index contributed by atoms with van der Waals surface area (Å²) in [6, 6.07) is 29.2. The lowest BCUT2D eigenvalue weighted by Gasteiger charge is -2.18. The number of carbonyl (C=O) groups is 2. The van der Waals surface area contributed by atoms with Gasteiger partial charge in [0.05, 0.1) is 42.3 Å². The third-order valence-corrected chi connectivity index (χ3v) is 6.07. The minimum atomic E-state index is -0.630. The van der Waals surface area contributed by atoms with Crippen LogP contribution in [0.2, 0.25) is 0 Å². The molecule has 0 aliphatic rings. The van der Waals surface area contributed by atoms with Gasteiger partial charge in [-0.15, -0.1) is 0 Å². The number of nitro benzene ring substituents is 1. The molecular weight excluding hydrogens is 524 g/mol. The Morgan fingerprint density at radius 1 is 0.927 bits per heavy atom. The summed E-state index contributed by atoms with van der Waals surface area (Å²) >= 11 is 0. The molecule has 1 atom stereocenters. The van der Waals surface area contributed by atoms with Crippen molar-refractivity contribution in [2.45, 2.75) is 19.1 Å². The van der Waals surface area contributed by atoms with Crippen molar-refractivity contribution >= 4 is 23.7 Å². The lowest BCUT2D eigenvalue weighted by atomic mass is 10.0. The van der Waals surface area contributed by atoms with Crippen molar-refractivity contribution in [3.8, 4) is 11.5 Å². The molecule has 0 saturated carbocycles. The number of hydrogen-bond acceptors (Lipinski definition) is 7. The first-order valence-electron chi connectivity index (χ1n) is 12.7. The van der Waals surface area contributed by atoms with Crippen LogP contribution in [0.4, 0.5) is 5.69 Å². The number of methoxy groups -OCH3 is 1. The summed E-state index contributed by atoms with van der Waals surface area (Å²) in [7, 11) is 1.42. The first kappa shape index (κ1) is 28.5. The fraction of sp³-hybridized carbons (Fsp3) is 0.129. The number of hydrogen-bond donors (Lipinski definition) is 2. The van der Waals surface area contributed by atoms with E-state index in [9.17, 15) is 19.7 Å². The monoisotopic (exact) mass is 552 g/mol. The van der Waals surface area contributed by atoms with Gasteiger partial charge in [-0.2, -0.15) is 5.10 Å². The summed E-state index contributed by atoms with van der Waals surface area (Å²) < 4.78 is 11.1. The molecule has 0 aromatic heterocycles. The Bertz CT molecular complexity index is 1510. The molecule has 10 nitrogen and oxygen atoms in total. The molecule has 0 unspecified atom stereocenters. The Hall–Kier alpha value is -5.51. The SMILES string of the molecule is COc1cc(/C=N\NC(=O)C[C@@H](NC(=O)c2ccccc2)c2ccccc2)c([N+](=O)[O-])cc1OCc1ccccc1. The minimum Gasteiger partial charge on any atom is -0.493 e. The number of nitro groups is 1. The first-order chi connectivity index (χ1) is 19.9. The molecule has 2 N–H and O–H groups in total. The summed E-state index contributed by atoms with van der Waals surface area (Å²) in [5, 5.41) is 18.6. The molecule has 0 spiro atoms. The van der Waals surface area contributed by atoms with Gasteiger partial charge in [0.25, 0.3) is 11.6 Å². The van der Waals surface area contributed by atoms with Gasteiger partial charge in [-0.25, -0.2) is 5.43 Å². The highest BCUT2D eigenvalue weighted by Gasteiger charge is 2.21. The minimum absolute atomic E-state index is 0.108. The third kappa shape index (κ3) is 7.99. The predicted molar refractivity (Wildman–Crippen MR) is 154 cm³/mol. The molecule has 0 bridgehead atoms. The van der Waals surface area contributed by atoms with E-state index in [2.05, 4.69) is 15.8 Å². The number of carbonyl (C=O) groups excluding carboxylic acids is 2. The van der Waals surface area contributed by atoms with Crippen molar-refractivity contribution in [1.29, 1.82) is 0 Å². The molecule has 0 heterocycles. The Balaban J connectivity index is 1.46. The summed E-state index contributed by atoms with van der Waals surface area (Å²) in [4.78, 5) is 36.8. The number of rotatable bonds is 12. The van der Waals surface area contributed by atoms with Gasteiger partial charge in [0, 0.05) is 5.56 Å². The highest BCUT2D eigenvalue weighted by Crippen LogP contribution is 2.34. The molecule has 0 aliphatic carbocycles. The fourth-order valence-electron chi connectivity index (χ4n) is 4.01. The molecular formula is C31H28N4O6. The van der Waals surface area contributed by atoms with Gasteiger partial charge in [-0.05, 0) is 29.3 Å². The average Bonchev–Trinajstić information content (AvgIpc) is 3.01. The van der Waals surface area contributed by atoms with E-state index in [4.69, 9.17) is 9.47 Å². The maximum Gasteiger partial charge on any atom is 0.282 e. The maximum atomic E-state index is 12.8. The number of ether oxygens (including phenoxy) is 2. The number of nitrogens with zero attached hydrogens (tertiary/aromatic N) is 2. The van der Waals surface area contributed by atoms with Crippen LogP contribution in [0.25, 0.3) is 0 Å². The quantitative estimate of drug-likeness (QED) is 0.141. The number of amides is 2. The third-order valence-electron chi connectivity index (χ3n) is 6.07. The maximum absolute atomic E-state index is 12.8. The molecule has 0 saturated heterocycles. The van der Waals surface area contributed by atoms with E-state index < -0.39 is 16.9 Å². The zero-order chi connectivity index (χ0) is 29.0. The molecule has 10 heteroatoms. The van der Waals surface area contributed by atoms with Crippen LogP contribution in [0.1, 0.15) is 39.5 Å². The van der Waals surface area contributed by atoms with Gasteiger partial charge < -0.3 is 14.8 Å². The Kier molecular flexibility index (Phi) is 9.76. The van der Waals surface area contributed by atoms with Crippen molar-refractivity contribution in [3.63, 3.8) is 0 Å². The number of hydrazone groups is 1. The molecule has 4 aromatic rings. The van der Waals surface area contributed by atoms with E-state index >= 15 is 0 Å². The van der Waals surface area contributed by atoms with Crippen LogP contribution < -0.4 is 20.2 Å². The van der Waals surface area contributed by atoms with E-state index in [0.29, 0.717) is 5.56 Å². The van der Waals surface area contributed by atoms with Gasteiger partial charge in [0.1, 0.15) is 6.61 Å². The number of nitrogens with one attached hydrogen (secondary N) is 2. The second-order valence-electron chi connectivity index (χ2n) is 8.89. The van der Waals surface area contributed by atoms with Crippen molar-refractivity contribution in [1.82, 2.24) is 10.7 Å². The normalized spacial score (nSPS) is 11.4. The van der Waals surface area contributed by atoms with E-state index in [0.717, 1.165) is 11.1 Å². The highest BCUT2D eigenvalue weighted by molar-refractivity contribution is 5.95. The lowest BCUT2D eigenvalue weighted by molar-refractivity contribution is -0.385. The van der Waals surface area contributed by atoms with E-state index in [-0.39, 0.29) is 41.7 Å². The van der Waals surface area contributed by atoms with Crippen LogP contribution in [-0.4, -0.2) is 30.1 Å². The summed E-state index contributed by atoms with van der Waals surface area (Å²) in [5.41, 5.74) is 4.32. The van der Waals surface area contributed by atoms with Crippen LogP contribution in [0.3, 0.4) is 0 Å². The van der Waals surface area contributed by atoms with E-state index in [1.54, 1.807) is 24.3 Å². The van der Waals surface area contributed by atoms with Gasteiger partial charge in [0.15, 0.2) is 11.5 Å². The van der Waals surface area contributed by atoms with Crippen LogP contribution in [0.5, 0.6) is 11.5 Å². The zero-order valence-corrected chi connectivity index (χ0v) is 22.2. The molecule has 41 heavy (non-hydrogen) atoms. The van der Waals surface area contributed by atoms with Crippen LogP contribution in [0, 0.1) is 10.1 Å². The van der Waals surface area contributed by atoms with E-state index in [1.165, 1.54) is 25.5 Å². The van der Waals surface area contributed by atoms with Crippen molar-refractivity contribution < 1.29 is 24.0 Å². The molecule has 4 rings (SSSR count). The summed E-state index contributed by atoms with van der Waals surface area (Å²) in [5.74, 6) is -0.356. The first-order valence-corrected chi connectivity index (χ1v) is 12.7. The standard InChI is InChI=1S/C31H28N4O6/c1-40-28-17-25(27(35(38)39)19-29(28)41-21-22-11-5-2-6-12-22)20-32-34-30(36)18-26(23-13-7-3-8-14-23)33-31(37)24-15-9-4-10-16-24/h2-17,19-20,26H,18,21H2,1H3,(H,33,37)(H,34,36)/b32-20-/t26-/m1/s1. The molecule has 0 aliphatic heterocycles. The average molecular weight is 553 g/mol. The predicted octanol–water partition coefficient (Wildman–Crippen LogP) is 5.19. The van der Waals surface area contributed by atoms with Gasteiger partial charge in [0.2, 0.25) is 5.91 Å². The highest BCUT2D eigenvalue weighted by atomic mass is 16.6. The van der Waals surface area contributed by atoms with Crippen molar-refractivity contribution in [2.24, 2.45) is 5.10 Å². The molecule has 0 radical (unpaired) electrons. The molecule has 0 fully saturated rings. The molecule has 4 aromatic carbocycles. The second-order valence-corrected chi connectivity index (χ2v) is 8.89. The van der Waals surface area contributed by atoms with E-state index in [1.807, 2.05) is 66.7 Å². The molecule has 2 amide bonds. The summed E-state index contributed by atoms with van der Waals surface area (Å²) in [6.45, 7) is 0.196. The largest absolute Gasteiger partial charge is 0.493 e. The van der Waals surface area contributed by atoms with Crippen LogP contribution >= 0.6 is 0 Å². The lowest BCUT2D eigenvalue weighted by Crippen LogP contribution is -2.32. The Morgan fingerprint density at radius 3 is 2.20 bits per heavy atom. The Morgan fingerprint density at radius 2 is 1.56 bits per heavy atom. The fourth-order valence-corrected chi connectivity index (χ4v) is 4.01. The van der Waals surface area contributed by atoms with Crippen molar-refractivity contribution in [2.75, 3.05) is 7.11 Å². The molecule has 208 valence electrons. The van der Waals surface area contributed by atoms with Gasteiger partial charge in [-0.3, -0.25) is 19.7 Å². The van der Waals surface area contributed by atoms with Gasteiger partial charge >= 0.3 is 0 Å². The smallest absolute Gasteiger partial charge is 0.282 e. The van der Waals surface area contributed by atoms with Gasteiger partial charge in [-0.1, -0.05) is 78.9 Å². The zero-order valence-electron chi connectivity index (χ0n) is 22.2. The van der Waals surface area contributed by atoms with Crippen molar-refractivity contribution in [3.05, 3.63) is 135 Å². The van der Waals surface area contributed by atoms with Crippen LogP contribution in [0.15, 0.2) is 108 Å². The second kappa shape index (κ2) is 14.0. The Labute approximate surface area is 236 Å². The summed E-state index contributed by atoms with van der Waals surface area (Å²) in [6.07, 6.45) is 1.05. The topological polar surface area (TPSA) is 132 Å².